The highest BCUT2D eigenvalue weighted by Gasteiger charge is 2.12. The van der Waals surface area contributed by atoms with Gasteiger partial charge in [-0.2, -0.15) is 0 Å². The van der Waals surface area contributed by atoms with Crippen molar-refractivity contribution in [3.8, 4) is 5.75 Å². The molecule has 6 heteroatoms. The second kappa shape index (κ2) is 7.81. The molecular weight excluding hydrogens is 260 g/mol. The lowest BCUT2D eigenvalue weighted by Crippen LogP contribution is -2.39. The molecule has 0 aliphatic heterocycles. The number of ether oxygens (including phenoxy) is 1. The molecule has 20 heavy (non-hydrogen) atoms. The predicted octanol–water partition coefficient (Wildman–Crippen LogP) is 2.06. The second-order valence-corrected chi connectivity index (χ2v) is 5.04. The van der Waals surface area contributed by atoms with Gasteiger partial charge in [0.15, 0.2) is 0 Å². The summed E-state index contributed by atoms with van der Waals surface area (Å²) in [6.07, 6.45) is -0.393. The van der Waals surface area contributed by atoms with Crippen LogP contribution in [0.1, 0.15) is 20.8 Å². The van der Waals surface area contributed by atoms with Crippen molar-refractivity contribution >= 4 is 5.69 Å². The van der Waals surface area contributed by atoms with Gasteiger partial charge in [-0.3, -0.25) is 15.0 Å². The fourth-order valence-corrected chi connectivity index (χ4v) is 1.87. The lowest BCUT2D eigenvalue weighted by atomic mass is 10.2. The van der Waals surface area contributed by atoms with E-state index in [9.17, 15) is 15.2 Å². The van der Waals surface area contributed by atoms with Crippen LogP contribution in [0.15, 0.2) is 24.3 Å². The first kappa shape index (κ1) is 16.4. The van der Waals surface area contributed by atoms with Gasteiger partial charge in [0.25, 0.3) is 5.69 Å². The van der Waals surface area contributed by atoms with Crippen LogP contribution in [0.4, 0.5) is 5.69 Å². The molecular formula is C14H22N2O4. The zero-order valence-electron chi connectivity index (χ0n) is 12.2. The van der Waals surface area contributed by atoms with Crippen LogP contribution >= 0.6 is 0 Å². The van der Waals surface area contributed by atoms with Gasteiger partial charge >= 0.3 is 0 Å². The third-order valence-electron chi connectivity index (χ3n) is 2.90. The summed E-state index contributed by atoms with van der Waals surface area (Å²) < 4.78 is 5.53. The molecule has 0 aliphatic rings. The Labute approximate surface area is 119 Å². The maximum absolute atomic E-state index is 10.7. The van der Waals surface area contributed by atoms with Crippen LogP contribution in [-0.2, 0) is 0 Å². The Morgan fingerprint density at radius 1 is 1.40 bits per heavy atom. The molecule has 0 aromatic heterocycles. The van der Waals surface area contributed by atoms with E-state index in [-0.39, 0.29) is 5.69 Å². The van der Waals surface area contributed by atoms with Crippen LogP contribution in [0.5, 0.6) is 5.75 Å². The number of rotatable bonds is 8. The Morgan fingerprint density at radius 3 is 2.65 bits per heavy atom. The lowest BCUT2D eigenvalue weighted by molar-refractivity contribution is -0.384. The molecule has 0 amide bonds. The van der Waals surface area contributed by atoms with Crippen molar-refractivity contribution in [3.63, 3.8) is 0 Å². The van der Waals surface area contributed by atoms with E-state index in [0.29, 0.717) is 31.5 Å². The molecule has 0 radical (unpaired) electrons. The Morgan fingerprint density at radius 2 is 2.10 bits per heavy atom. The molecule has 1 N–H and O–H groups in total. The molecule has 6 nitrogen and oxygen atoms in total. The van der Waals surface area contributed by atoms with E-state index in [4.69, 9.17) is 4.74 Å². The molecule has 0 saturated carbocycles. The second-order valence-electron chi connectivity index (χ2n) is 5.04. The zero-order valence-corrected chi connectivity index (χ0v) is 12.2. The molecule has 0 bridgehead atoms. The van der Waals surface area contributed by atoms with Crippen molar-refractivity contribution in [2.24, 2.45) is 0 Å². The third-order valence-corrected chi connectivity index (χ3v) is 2.90. The number of nitrogens with zero attached hydrogens (tertiary/aromatic N) is 2. The number of nitro benzene ring substituents is 1. The van der Waals surface area contributed by atoms with Crippen molar-refractivity contribution in [2.45, 2.75) is 32.9 Å². The Balaban J connectivity index is 2.50. The van der Waals surface area contributed by atoms with Crippen molar-refractivity contribution in [1.82, 2.24) is 4.90 Å². The minimum absolute atomic E-state index is 0.0206. The normalized spacial score (nSPS) is 12.7. The first-order valence-corrected chi connectivity index (χ1v) is 6.69. The topological polar surface area (TPSA) is 75.8 Å². The van der Waals surface area contributed by atoms with E-state index in [1.54, 1.807) is 19.1 Å². The molecule has 1 atom stereocenters. The van der Waals surface area contributed by atoms with Gasteiger partial charge in [0, 0.05) is 25.2 Å². The highest BCUT2D eigenvalue weighted by atomic mass is 16.6. The number of aliphatic hydroxyl groups is 1. The fraction of sp³-hybridized carbons (Fsp3) is 0.571. The first-order chi connectivity index (χ1) is 9.40. The lowest BCUT2D eigenvalue weighted by Gasteiger charge is -2.27. The highest BCUT2D eigenvalue weighted by Crippen LogP contribution is 2.19. The largest absolute Gasteiger partial charge is 0.492 e. The maximum Gasteiger partial charge on any atom is 0.273 e. The summed E-state index contributed by atoms with van der Waals surface area (Å²) in [5.74, 6) is 0.486. The number of nitro groups is 1. The molecule has 112 valence electrons. The highest BCUT2D eigenvalue weighted by molar-refractivity contribution is 5.37. The summed E-state index contributed by atoms with van der Waals surface area (Å²) in [6.45, 7) is 7.51. The van der Waals surface area contributed by atoms with E-state index < -0.39 is 11.0 Å². The summed E-state index contributed by atoms with van der Waals surface area (Å²) in [5.41, 5.74) is 0.0206. The number of hydrogen-bond donors (Lipinski definition) is 1. The van der Waals surface area contributed by atoms with Crippen LogP contribution in [0.3, 0.4) is 0 Å². The summed E-state index contributed by atoms with van der Waals surface area (Å²) >= 11 is 0. The standard InChI is InChI=1S/C14H22N2O4/c1-11(2)15(10-12(3)17)7-8-20-14-6-4-5-13(9-14)16(18)19/h4-6,9,11-12,17H,7-8,10H2,1-3H3. The van der Waals surface area contributed by atoms with E-state index >= 15 is 0 Å². The zero-order chi connectivity index (χ0) is 15.1. The van der Waals surface area contributed by atoms with Crippen LogP contribution in [-0.4, -0.2) is 46.8 Å². The van der Waals surface area contributed by atoms with Gasteiger partial charge in [-0.1, -0.05) is 6.07 Å². The van der Waals surface area contributed by atoms with Crippen LogP contribution < -0.4 is 4.74 Å². The van der Waals surface area contributed by atoms with E-state index in [0.717, 1.165) is 0 Å². The molecule has 0 saturated heterocycles. The van der Waals surface area contributed by atoms with Gasteiger partial charge < -0.3 is 9.84 Å². The predicted molar refractivity (Wildman–Crippen MR) is 77.0 cm³/mol. The van der Waals surface area contributed by atoms with E-state index in [1.165, 1.54) is 12.1 Å². The minimum atomic E-state index is -0.444. The van der Waals surface area contributed by atoms with Gasteiger partial charge in [-0.05, 0) is 26.8 Å². The molecule has 1 rings (SSSR count). The first-order valence-electron chi connectivity index (χ1n) is 6.69. The van der Waals surface area contributed by atoms with Crippen molar-refractivity contribution in [1.29, 1.82) is 0 Å². The molecule has 0 heterocycles. The Hall–Kier alpha value is -1.66. The maximum atomic E-state index is 10.7. The van der Waals surface area contributed by atoms with Gasteiger partial charge in [0.05, 0.1) is 17.1 Å². The molecule has 0 spiro atoms. The quantitative estimate of drug-likeness (QED) is 0.583. The van der Waals surface area contributed by atoms with Gasteiger partial charge in [-0.15, -0.1) is 0 Å². The summed E-state index contributed by atoms with van der Waals surface area (Å²) in [5, 5.41) is 20.1. The SMILES string of the molecule is CC(O)CN(CCOc1cccc([N+](=O)[O-])c1)C(C)C. The third kappa shape index (κ3) is 5.54. The minimum Gasteiger partial charge on any atom is -0.492 e. The number of benzene rings is 1. The van der Waals surface area contributed by atoms with Gasteiger partial charge in [0.2, 0.25) is 0 Å². The van der Waals surface area contributed by atoms with E-state index in [1.807, 2.05) is 0 Å². The fourth-order valence-electron chi connectivity index (χ4n) is 1.87. The van der Waals surface area contributed by atoms with Crippen molar-refractivity contribution in [3.05, 3.63) is 34.4 Å². The molecule has 1 aromatic rings. The van der Waals surface area contributed by atoms with Crippen LogP contribution in [0.2, 0.25) is 0 Å². The van der Waals surface area contributed by atoms with Gasteiger partial charge in [-0.25, -0.2) is 0 Å². The number of aliphatic hydroxyl groups excluding tert-OH is 1. The number of non-ortho nitro benzene ring substituents is 1. The van der Waals surface area contributed by atoms with Crippen LogP contribution in [0.25, 0.3) is 0 Å². The molecule has 1 unspecified atom stereocenters. The van der Waals surface area contributed by atoms with Crippen LogP contribution in [0, 0.1) is 10.1 Å². The summed E-state index contributed by atoms with van der Waals surface area (Å²) in [7, 11) is 0. The summed E-state index contributed by atoms with van der Waals surface area (Å²) in [4.78, 5) is 12.3. The molecule has 1 aromatic carbocycles. The smallest absolute Gasteiger partial charge is 0.273 e. The average molecular weight is 282 g/mol. The van der Waals surface area contributed by atoms with Gasteiger partial charge in [0.1, 0.15) is 12.4 Å². The van der Waals surface area contributed by atoms with Crippen molar-refractivity contribution in [2.75, 3.05) is 19.7 Å². The monoisotopic (exact) mass is 282 g/mol. The average Bonchev–Trinajstić information content (AvgIpc) is 2.37. The molecule has 0 aliphatic carbocycles. The van der Waals surface area contributed by atoms with E-state index in [2.05, 4.69) is 18.7 Å². The Bertz CT molecular complexity index is 435. The Kier molecular flexibility index (Phi) is 6.41. The summed E-state index contributed by atoms with van der Waals surface area (Å²) in [6, 6.07) is 6.44. The number of hydrogen-bond acceptors (Lipinski definition) is 5. The van der Waals surface area contributed by atoms with Crippen molar-refractivity contribution < 1.29 is 14.8 Å². The molecule has 0 fully saturated rings.